The summed E-state index contributed by atoms with van der Waals surface area (Å²) in [6, 6.07) is 4.97. The Labute approximate surface area is 97.0 Å². The third-order valence-corrected chi connectivity index (χ3v) is 2.02. The third kappa shape index (κ3) is 3.66. The summed E-state index contributed by atoms with van der Waals surface area (Å²) >= 11 is 0. The zero-order chi connectivity index (χ0) is 12.7. The number of benzene rings is 1. The maximum absolute atomic E-state index is 13.3. The Morgan fingerprint density at radius 2 is 2.35 bits per heavy atom. The molecule has 0 fully saturated rings. The van der Waals surface area contributed by atoms with Gasteiger partial charge in [-0.1, -0.05) is 17.2 Å². The van der Waals surface area contributed by atoms with Crippen LogP contribution in [0.15, 0.2) is 29.4 Å². The van der Waals surface area contributed by atoms with E-state index in [-0.39, 0.29) is 12.2 Å². The molecule has 1 aromatic carbocycles. The Hall–Kier alpha value is -2.27. The summed E-state index contributed by atoms with van der Waals surface area (Å²) in [6.07, 6.45) is 0. The highest BCUT2D eigenvalue weighted by atomic mass is 19.1. The Balaban J connectivity index is 2.82. The highest BCUT2D eigenvalue weighted by molar-refractivity contribution is 5.79. The first-order valence-electron chi connectivity index (χ1n) is 4.78. The molecular weight excluding hydrogens is 227 g/mol. The summed E-state index contributed by atoms with van der Waals surface area (Å²) in [5.41, 5.74) is 8.34. The second-order valence-electron chi connectivity index (χ2n) is 3.11. The van der Waals surface area contributed by atoms with Crippen LogP contribution in [0.3, 0.4) is 0 Å². The molecule has 0 aliphatic carbocycles. The Morgan fingerprint density at radius 3 is 2.94 bits per heavy atom. The molecule has 1 rings (SSSR count). The van der Waals surface area contributed by atoms with Crippen molar-refractivity contribution < 1.29 is 13.9 Å². The van der Waals surface area contributed by atoms with E-state index in [9.17, 15) is 9.18 Å². The van der Waals surface area contributed by atoms with E-state index in [4.69, 9.17) is 5.53 Å². The molecule has 7 heteroatoms. The van der Waals surface area contributed by atoms with Crippen LogP contribution in [-0.2, 0) is 9.53 Å². The molecule has 1 aromatic rings. The molecule has 0 saturated heterocycles. The molecule has 0 heterocycles. The number of esters is 1. The maximum atomic E-state index is 13.3. The lowest BCUT2D eigenvalue weighted by atomic mass is 10.2. The van der Waals surface area contributed by atoms with Crippen LogP contribution in [0.2, 0.25) is 0 Å². The van der Waals surface area contributed by atoms with E-state index < -0.39 is 17.8 Å². The molecule has 1 atom stereocenters. The van der Waals surface area contributed by atoms with Crippen molar-refractivity contribution >= 4 is 11.7 Å². The molecule has 0 spiro atoms. The van der Waals surface area contributed by atoms with Gasteiger partial charge < -0.3 is 10.1 Å². The maximum Gasteiger partial charge on any atom is 0.328 e. The van der Waals surface area contributed by atoms with Crippen molar-refractivity contribution in [2.45, 2.75) is 6.04 Å². The van der Waals surface area contributed by atoms with Crippen LogP contribution in [-0.4, -0.2) is 25.7 Å². The van der Waals surface area contributed by atoms with Crippen LogP contribution >= 0.6 is 0 Å². The van der Waals surface area contributed by atoms with E-state index in [1.807, 2.05) is 0 Å². The largest absolute Gasteiger partial charge is 0.467 e. The van der Waals surface area contributed by atoms with E-state index in [0.717, 1.165) is 0 Å². The van der Waals surface area contributed by atoms with Crippen molar-refractivity contribution in [2.75, 3.05) is 19.0 Å². The normalized spacial score (nSPS) is 11.2. The van der Waals surface area contributed by atoms with Gasteiger partial charge in [0, 0.05) is 4.91 Å². The van der Waals surface area contributed by atoms with E-state index in [0.29, 0.717) is 0 Å². The number of methoxy groups -OCH3 is 1. The SMILES string of the molecule is COC(=O)C(CN=[N+]=[N-])Nc1ccccc1F. The average molecular weight is 238 g/mol. The minimum Gasteiger partial charge on any atom is -0.467 e. The number of halogens is 1. The lowest BCUT2D eigenvalue weighted by molar-refractivity contribution is -0.141. The molecular formula is C10H11FN4O2. The molecule has 0 aliphatic heterocycles. The number of carbonyl (C=O) groups excluding carboxylic acids is 1. The first-order valence-corrected chi connectivity index (χ1v) is 4.78. The fourth-order valence-corrected chi connectivity index (χ4v) is 1.21. The highest BCUT2D eigenvalue weighted by Gasteiger charge is 2.19. The lowest BCUT2D eigenvalue weighted by Gasteiger charge is -2.15. The summed E-state index contributed by atoms with van der Waals surface area (Å²) in [7, 11) is 1.20. The van der Waals surface area contributed by atoms with E-state index in [1.165, 1.54) is 25.3 Å². The molecule has 0 amide bonds. The molecule has 0 saturated carbocycles. The molecule has 90 valence electrons. The summed E-state index contributed by atoms with van der Waals surface area (Å²) in [5, 5.41) is 5.88. The molecule has 0 bridgehead atoms. The number of nitrogens with one attached hydrogen (secondary N) is 1. The molecule has 0 aliphatic rings. The predicted octanol–water partition coefficient (Wildman–Crippen LogP) is 2.09. The van der Waals surface area contributed by atoms with Crippen molar-refractivity contribution in [3.05, 3.63) is 40.5 Å². The zero-order valence-electron chi connectivity index (χ0n) is 9.13. The minimum absolute atomic E-state index is 0.149. The van der Waals surface area contributed by atoms with Crippen molar-refractivity contribution in [3.8, 4) is 0 Å². The number of para-hydroxylation sites is 1. The number of hydrogen-bond donors (Lipinski definition) is 1. The van der Waals surface area contributed by atoms with Crippen LogP contribution in [0.25, 0.3) is 10.4 Å². The number of anilines is 1. The summed E-state index contributed by atoms with van der Waals surface area (Å²) < 4.78 is 17.8. The number of carbonyl (C=O) groups is 1. The lowest BCUT2D eigenvalue weighted by Crippen LogP contribution is -2.33. The average Bonchev–Trinajstić information content (AvgIpc) is 2.35. The fraction of sp³-hybridized carbons (Fsp3) is 0.300. The van der Waals surface area contributed by atoms with Gasteiger partial charge in [0.05, 0.1) is 19.3 Å². The second kappa shape index (κ2) is 6.34. The van der Waals surface area contributed by atoms with Gasteiger partial charge in [-0.15, -0.1) is 0 Å². The Morgan fingerprint density at radius 1 is 1.65 bits per heavy atom. The second-order valence-corrected chi connectivity index (χ2v) is 3.11. The van der Waals surface area contributed by atoms with Crippen molar-refractivity contribution in [1.82, 2.24) is 0 Å². The van der Waals surface area contributed by atoms with Crippen LogP contribution < -0.4 is 5.32 Å². The Kier molecular flexibility index (Phi) is 4.77. The van der Waals surface area contributed by atoms with Crippen molar-refractivity contribution in [2.24, 2.45) is 5.11 Å². The smallest absolute Gasteiger partial charge is 0.328 e. The number of hydrogen-bond acceptors (Lipinski definition) is 4. The first kappa shape index (κ1) is 12.8. The number of ether oxygens (including phenoxy) is 1. The van der Waals surface area contributed by atoms with Gasteiger partial charge in [0.25, 0.3) is 0 Å². The van der Waals surface area contributed by atoms with Crippen LogP contribution in [0.1, 0.15) is 0 Å². The third-order valence-electron chi connectivity index (χ3n) is 2.02. The van der Waals surface area contributed by atoms with Gasteiger partial charge in [-0.05, 0) is 17.7 Å². The molecule has 1 unspecified atom stereocenters. The highest BCUT2D eigenvalue weighted by Crippen LogP contribution is 2.14. The topological polar surface area (TPSA) is 87.1 Å². The molecule has 17 heavy (non-hydrogen) atoms. The standard InChI is InChI=1S/C10H11FN4O2/c1-17-10(16)9(6-13-15-12)14-8-5-3-2-4-7(8)11/h2-5,9,14H,6H2,1H3. The van der Waals surface area contributed by atoms with Crippen molar-refractivity contribution in [3.63, 3.8) is 0 Å². The van der Waals surface area contributed by atoms with Crippen LogP contribution in [0.5, 0.6) is 0 Å². The summed E-state index contributed by atoms with van der Waals surface area (Å²) in [4.78, 5) is 13.9. The number of rotatable bonds is 5. The molecule has 0 radical (unpaired) electrons. The minimum atomic E-state index is -0.909. The van der Waals surface area contributed by atoms with E-state index in [2.05, 4.69) is 20.1 Å². The fourth-order valence-electron chi connectivity index (χ4n) is 1.21. The molecule has 0 aromatic heterocycles. The first-order chi connectivity index (χ1) is 8.19. The van der Waals surface area contributed by atoms with Gasteiger partial charge in [-0.2, -0.15) is 0 Å². The monoisotopic (exact) mass is 238 g/mol. The molecule has 6 nitrogen and oxygen atoms in total. The zero-order valence-corrected chi connectivity index (χ0v) is 9.13. The van der Waals surface area contributed by atoms with Crippen LogP contribution in [0.4, 0.5) is 10.1 Å². The predicted molar refractivity (Wildman–Crippen MR) is 59.8 cm³/mol. The van der Waals surface area contributed by atoms with Gasteiger partial charge in [-0.3, -0.25) is 0 Å². The number of azide groups is 1. The summed E-state index contributed by atoms with van der Waals surface area (Å²) in [6.45, 7) is -0.155. The van der Waals surface area contributed by atoms with E-state index in [1.54, 1.807) is 6.07 Å². The van der Waals surface area contributed by atoms with E-state index >= 15 is 0 Å². The van der Waals surface area contributed by atoms with Crippen LogP contribution in [0, 0.1) is 5.82 Å². The van der Waals surface area contributed by atoms with Gasteiger partial charge in [-0.25, -0.2) is 9.18 Å². The van der Waals surface area contributed by atoms with Gasteiger partial charge >= 0.3 is 5.97 Å². The van der Waals surface area contributed by atoms with Gasteiger partial charge in [0.15, 0.2) is 0 Å². The number of nitrogens with zero attached hydrogens (tertiary/aromatic N) is 3. The quantitative estimate of drug-likeness (QED) is 0.368. The molecule has 1 N–H and O–H groups in total. The van der Waals surface area contributed by atoms with Gasteiger partial charge in [0.1, 0.15) is 11.9 Å². The Bertz CT molecular complexity index is 446. The summed E-state index contributed by atoms with van der Waals surface area (Å²) in [5.74, 6) is -1.12. The van der Waals surface area contributed by atoms with Gasteiger partial charge in [0.2, 0.25) is 0 Å². The van der Waals surface area contributed by atoms with Crippen molar-refractivity contribution in [1.29, 1.82) is 0 Å².